The van der Waals surface area contributed by atoms with E-state index >= 15 is 0 Å². The fourth-order valence-corrected chi connectivity index (χ4v) is 10.9. The second kappa shape index (κ2) is 9.37. The van der Waals surface area contributed by atoms with Gasteiger partial charge in [0.25, 0.3) is 0 Å². The minimum atomic E-state index is -5.76. The molecule has 6 rings (SSSR count). The van der Waals surface area contributed by atoms with E-state index in [2.05, 4.69) is 0 Å². The van der Waals surface area contributed by atoms with Crippen LogP contribution in [0.2, 0.25) is 0 Å². The molecule has 5 N–H and O–H groups in total. The fourth-order valence-electron chi connectivity index (χ4n) is 6.88. The van der Waals surface area contributed by atoms with E-state index in [0.717, 1.165) is 11.1 Å². The number of carboxylic acid groups (broad SMARTS) is 1. The van der Waals surface area contributed by atoms with Crippen LogP contribution in [-0.4, -0.2) is 55.8 Å². The Morgan fingerprint density at radius 1 is 0.860 bits per heavy atom. The Hall–Kier alpha value is -2.77. The molecule has 3 aliphatic rings. The number of rotatable bonds is 4. The average molecular weight is 712 g/mol. The summed E-state index contributed by atoms with van der Waals surface area (Å²) in [5.41, 5.74) is 2.59. The number of hydrogen-bond acceptors (Lipinski definition) is 4. The second-order valence-corrected chi connectivity index (χ2v) is 19.6. The van der Waals surface area contributed by atoms with Gasteiger partial charge in [0.2, 0.25) is 0 Å². The van der Waals surface area contributed by atoms with Crippen LogP contribution in [0.25, 0.3) is 11.6 Å². The van der Waals surface area contributed by atoms with Crippen LogP contribution in [0.4, 0.5) is 0 Å². The van der Waals surface area contributed by atoms with Gasteiger partial charge in [0, 0.05) is 0 Å². The minimum absolute atomic E-state index is 0.0533. The van der Waals surface area contributed by atoms with Gasteiger partial charge >= 0.3 is 256 Å². The first-order valence-corrected chi connectivity index (χ1v) is 20.8. The third-order valence-corrected chi connectivity index (χ3v) is 14.5. The van der Waals surface area contributed by atoms with Gasteiger partial charge in [-0.3, -0.25) is 0 Å². The first-order chi connectivity index (χ1) is 19.8. The van der Waals surface area contributed by atoms with Crippen LogP contribution in [0.3, 0.4) is 0 Å². The summed E-state index contributed by atoms with van der Waals surface area (Å²) in [5.74, 6) is -1.33. The summed E-state index contributed by atoms with van der Waals surface area (Å²) in [5, 5.41) is 10.3. The third kappa shape index (κ3) is 4.39. The number of benzene rings is 3. The molecule has 0 bridgehead atoms. The van der Waals surface area contributed by atoms with Gasteiger partial charge in [0.15, 0.2) is 0 Å². The van der Waals surface area contributed by atoms with Gasteiger partial charge < -0.3 is 0 Å². The molecule has 1 heterocycles. The zero-order chi connectivity index (χ0) is 31.6. The topological polar surface area (TPSA) is 162 Å². The molecule has 226 valence electrons. The number of hydrogen-bond donors (Lipinski definition) is 5. The molecule has 2 unspecified atom stereocenters. The fraction of sp³-hybridized carbons (Fsp3) is 0.344. The molecule has 9 nitrogen and oxygen atoms in total. The van der Waals surface area contributed by atoms with Crippen molar-refractivity contribution in [3.8, 4) is 11.5 Å². The monoisotopic (exact) mass is 712 g/mol. The number of fused-ring (bicyclic) bond motifs is 4. The number of ether oxygens (including phenoxy) is 1. The summed E-state index contributed by atoms with van der Waals surface area (Å²) in [4.78, 5) is 11.7. The quantitative estimate of drug-likeness (QED) is 0.195. The molecule has 43 heavy (non-hydrogen) atoms. The molecule has 0 saturated carbocycles. The number of aromatic carboxylic acids is 1. The average Bonchev–Trinajstić information content (AvgIpc) is 3.24. The Morgan fingerprint density at radius 3 is 2.02 bits per heavy atom. The van der Waals surface area contributed by atoms with Gasteiger partial charge in [0.1, 0.15) is 0 Å². The van der Waals surface area contributed by atoms with Gasteiger partial charge in [-0.05, 0) is 0 Å². The van der Waals surface area contributed by atoms with Crippen molar-refractivity contribution in [3.05, 3.63) is 80.2 Å². The van der Waals surface area contributed by atoms with Crippen molar-refractivity contribution >= 4 is 54.7 Å². The van der Waals surface area contributed by atoms with Gasteiger partial charge in [0.05, 0.1) is 0 Å². The summed E-state index contributed by atoms with van der Waals surface area (Å²) in [6.45, 7) is 12.1. The summed E-state index contributed by atoms with van der Waals surface area (Å²) in [7, 11) is 0. The molecular weight excluding hydrogens is 678 g/mol. The van der Waals surface area contributed by atoms with Crippen LogP contribution in [0, 0.1) is 11.8 Å². The Kier molecular flexibility index (Phi) is 6.59. The molecule has 1 aliphatic heterocycles. The van der Waals surface area contributed by atoms with Crippen LogP contribution in [0.5, 0.6) is 11.5 Å². The molecule has 3 aromatic carbocycles. The molecule has 11 heteroatoms. The van der Waals surface area contributed by atoms with E-state index in [-0.39, 0.29) is 37.6 Å². The van der Waals surface area contributed by atoms with Crippen LogP contribution >= 0.6 is 0 Å². The molecule has 3 aromatic rings. The van der Waals surface area contributed by atoms with Gasteiger partial charge in [-0.25, -0.2) is 0 Å². The zero-order valence-electron chi connectivity index (χ0n) is 24.7. The van der Waals surface area contributed by atoms with Crippen molar-refractivity contribution in [2.45, 2.75) is 58.8 Å². The van der Waals surface area contributed by atoms with Gasteiger partial charge in [-0.15, -0.1) is 0 Å². The van der Waals surface area contributed by atoms with Crippen molar-refractivity contribution in [3.63, 3.8) is 0 Å². The Morgan fingerprint density at radius 2 is 1.47 bits per heavy atom. The number of carbonyl (C=O) groups is 1. The Balaban J connectivity index is 1.86. The molecule has 2 atom stereocenters. The van der Waals surface area contributed by atoms with Crippen molar-refractivity contribution < 1.29 is 38.5 Å². The summed E-state index contributed by atoms with van der Waals surface area (Å²) >= 11 is -11.5. The first-order valence-electron chi connectivity index (χ1n) is 14.0. The van der Waals surface area contributed by atoms with Crippen LogP contribution in [0.15, 0.2) is 36.4 Å². The maximum absolute atomic E-state index is 13.3. The second-order valence-electron chi connectivity index (χ2n) is 13.1. The Labute approximate surface area is 254 Å². The van der Waals surface area contributed by atoms with E-state index in [1.165, 1.54) is 12.1 Å². The molecule has 0 radical (unpaired) electrons. The first kappa shape index (κ1) is 30.3. The van der Waals surface area contributed by atoms with Crippen LogP contribution in [-0.2, 0) is 24.7 Å². The number of carboxylic acids is 1. The molecule has 0 aromatic heterocycles. The standard InChI is InChI=1S/C32H34As2O9/c1-15-11-19-23(31(15,3)4)13-21-25(17-7-9-18(10-8-17)30(35)36)22-14-24-20(12-16(2)32(24,5)6)27(34(40,41)42)29(22)43-28(21)26(19)33(37,38)39/h7-11,13-16H,12H2,1-6H3,(H,35,36)(H2,37,38,39)(H2,40,41,42). The summed E-state index contributed by atoms with van der Waals surface area (Å²) in [6.07, 6.45) is 2.24. The van der Waals surface area contributed by atoms with E-state index in [0.29, 0.717) is 39.1 Å². The van der Waals surface area contributed by atoms with Crippen molar-refractivity contribution in [1.82, 2.24) is 0 Å². The molecule has 2 aliphatic carbocycles. The van der Waals surface area contributed by atoms with E-state index in [1.807, 2.05) is 59.8 Å². The zero-order valence-corrected chi connectivity index (χ0v) is 28.4. The van der Waals surface area contributed by atoms with Crippen molar-refractivity contribution in [2.75, 3.05) is 0 Å². The molecule has 0 fully saturated rings. The van der Waals surface area contributed by atoms with Crippen molar-refractivity contribution in [1.29, 1.82) is 0 Å². The van der Waals surface area contributed by atoms with Crippen LogP contribution < -0.4 is 23.9 Å². The summed E-state index contributed by atoms with van der Waals surface area (Å²) in [6, 6.07) is 9.85. The van der Waals surface area contributed by atoms with Crippen molar-refractivity contribution in [2.24, 2.45) is 11.8 Å². The normalized spacial score (nSPS) is 21.3. The SMILES string of the molecule is CC1C=c2c(cc3c(c2[As](=O)(O)O)Oc2c(cc4c(c2[As](=O)(O)O)CC(C)C4(C)C)C=3c2ccc(C(=O)O)cc2)C1(C)C. The molecule has 0 amide bonds. The predicted molar refractivity (Wildman–Crippen MR) is 161 cm³/mol. The maximum atomic E-state index is 13.3. The predicted octanol–water partition coefficient (Wildman–Crippen LogP) is 1.04. The molecular formula is C32H34As2O9. The molecule has 0 spiro atoms. The van der Waals surface area contributed by atoms with E-state index in [1.54, 1.807) is 12.1 Å². The van der Waals surface area contributed by atoms with Gasteiger partial charge in [-0.1, -0.05) is 0 Å². The molecule has 0 saturated heterocycles. The van der Waals surface area contributed by atoms with E-state index < -0.39 is 45.1 Å². The van der Waals surface area contributed by atoms with Gasteiger partial charge in [-0.2, -0.15) is 0 Å². The van der Waals surface area contributed by atoms with E-state index in [4.69, 9.17) is 4.74 Å². The third-order valence-electron chi connectivity index (χ3n) is 10.1. The Bertz CT molecular complexity index is 1980. The van der Waals surface area contributed by atoms with Crippen LogP contribution in [0.1, 0.15) is 79.7 Å². The summed E-state index contributed by atoms with van der Waals surface area (Å²) < 4.78 is 75.7. The van der Waals surface area contributed by atoms with E-state index in [9.17, 15) is 33.8 Å².